The molecule has 0 radical (unpaired) electrons. The maximum Gasteiger partial charge on any atom is 0.282 e. The molecule has 7 nitrogen and oxygen atoms in total. The highest BCUT2D eigenvalue weighted by molar-refractivity contribution is 7.86. The molecule has 8 heteroatoms. The van der Waals surface area contributed by atoms with Crippen molar-refractivity contribution in [2.45, 2.75) is 25.8 Å². The van der Waals surface area contributed by atoms with Gasteiger partial charge in [-0.2, -0.15) is 17.0 Å². The third-order valence-corrected chi connectivity index (χ3v) is 7.14. The summed E-state index contributed by atoms with van der Waals surface area (Å²) in [6.45, 7) is 5.24. The second-order valence-corrected chi connectivity index (χ2v) is 8.76. The van der Waals surface area contributed by atoms with E-state index in [9.17, 15) is 8.42 Å². The quantitative estimate of drug-likeness (QED) is 0.802. The summed E-state index contributed by atoms with van der Waals surface area (Å²) in [6, 6.07) is 6.02. The first-order valence-corrected chi connectivity index (χ1v) is 10.4. The summed E-state index contributed by atoms with van der Waals surface area (Å²) in [7, 11) is -3.29. The highest BCUT2D eigenvalue weighted by Crippen LogP contribution is 2.32. The third-order valence-electron chi connectivity index (χ3n) is 5.11. The highest BCUT2D eigenvalue weighted by atomic mass is 32.2. The van der Waals surface area contributed by atoms with Crippen LogP contribution in [0.1, 0.15) is 24.8 Å². The van der Waals surface area contributed by atoms with Crippen LogP contribution < -0.4 is 9.47 Å². The van der Waals surface area contributed by atoms with Gasteiger partial charge in [-0.05, 0) is 43.5 Å². The number of benzene rings is 1. The van der Waals surface area contributed by atoms with Crippen LogP contribution in [0, 0.1) is 0 Å². The molecule has 0 bridgehead atoms. The van der Waals surface area contributed by atoms with Crippen molar-refractivity contribution in [3.05, 3.63) is 23.8 Å². The van der Waals surface area contributed by atoms with Gasteiger partial charge in [-0.1, -0.05) is 6.07 Å². The zero-order chi connectivity index (χ0) is 17.3. The van der Waals surface area contributed by atoms with Crippen molar-refractivity contribution in [3.8, 4) is 11.5 Å². The molecule has 138 valence electrons. The van der Waals surface area contributed by atoms with Crippen molar-refractivity contribution < 1.29 is 17.9 Å². The number of rotatable bonds is 4. The highest BCUT2D eigenvalue weighted by Gasteiger charge is 2.32. The molecule has 0 aromatic heterocycles. The Labute approximate surface area is 149 Å². The van der Waals surface area contributed by atoms with E-state index < -0.39 is 10.2 Å². The van der Waals surface area contributed by atoms with Gasteiger partial charge in [0.2, 0.25) is 6.79 Å². The van der Waals surface area contributed by atoms with Crippen LogP contribution in [0.15, 0.2) is 18.2 Å². The average Bonchev–Trinajstić information content (AvgIpc) is 3.24. The van der Waals surface area contributed by atoms with Gasteiger partial charge in [-0.3, -0.25) is 4.90 Å². The molecule has 3 aliphatic rings. The van der Waals surface area contributed by atoms with Crippen LogP contribution in [0.25, 0.3) is 0 Å². The number of hydrogen-bond acceptors (Lipinski definition) is 5. The number of ether oxygens (including phenoxy) is 2. The Morgan fingerprint density at radius 1 is 0.840 bits per heavy atom. The molecular formula is C17H25N3O4S. The van der Waals surface area contributed by atoms with Crippen LogP contribution in [0.4, 0.5) is 0 Å². The molecule has 3 heterocycles. The van der Waals surface area contributed by atoms with E-state index in [1.54, 1.807) is 8.61 Å². The molecule has 0 atom stereocenters. The smallest absolute Gasteiger partial charge is 0.282 e. The van der Waals surface area contributed by atoms with Crippen LogP contribution in [-0.4, -0.2) is 68.0 Å². The molecule has 3 aliphatic heterocycles. The monoisotopic (exact) mass is 367 g/mol. The van der Waals surface area contributed by atoms with E-state index in [2.05, 4.69) is 11.0 Å². The summed E-state index contributed by atoms with van der Waals surface area (Å²) < 4.78 is 39.6. The summed E-state index contributed by atoms with van der Waals surface area (Å²) in [5, 5.41) is 0. The summed E-state index contributed by atoms with van der Waals surface area (Å²) >= 11 is 0. The molecule has 0 amide bonds. The van der Waals surface area contributed by atoms with E-state index in [0.29, 0.717) is 26.2 Å². The normalized spacial score (nSPS) is 23.0. The Morgan fingerprint density at radius 3 is 2.40 bits per heavy atom. The summed E-state index contributed by atoms with van der Waals surface area (Å²) in [6.07, 6.45) is 2.81. The zero-order valence-electron chi connectivity index (χ0n) is 14.4. The van der Waals surface area contributed by atoms with Crippen molar-refractivity contribution >= 4 is 10.2 Å². The topological polar surface area (TPSA) is 62.3 Å². The van der Waals surface area contributed by atoms with Crippen molar-refractivity contribution in [2.24, 2.45) is 0 Å². The maximum absolute atomic E-state index is 12.7. The number of fused-ring (bicyclic) bond motifs is 1. The van der Waals surface area contributed by atoms with Crippen LogP contribution in [-0.2, 0) is 16.8 Å². The summed E-state index contributed by atoms with van der Waals surface area (Å²) in [4.78, 5) is 2.32. The minimum absolute atomic E-state index is 0.284. The molecule has 0 unspecified atom stereocenters. The lowest BCUT2D eigenvalue weighted by Gasteiger charge is -2.26. The lowest BCUT2D eigenvalue weighted by molar-refractivity contribution is 0.174. The van der Waals surface area contributed by atoms with E-state index in [4.69, 9.17) is 9.47 Å². The van der Waals surface area contributed by atoms with Crippen molar-refractivity contribution in [2.75, 3.05) is 46.1 Å². The third kappa shape index (κ3) is 3.62. The molecule has 1 aromatic carbocycles. The first-order chi connectivity index (χ1) is 12.1. The number of hydrogen-bond donors (Lipinski definition) is 0. The fourth-order valence-electron chi connectivity index (χ4n) is 3.72. The van der Waals surface area contributed by atoms with Crippen LogP contribution in [0.2, 0.25) is 0 Å². The van der Waals surface area contributed by atoms with E-state index in [1.165, 1.54) is 5.56 Å². The first-order valence-electron chi connectivity index (χ1n) is 8.99. The average molecular weight is 367 g/mol. The van der Waals surface area contributed by atoms with Gasteiger partial charge in [0, 0.05) is 39.3 Å². The fourth-order valence-corrected chi connectivity index (χ4v) is 5.43. The van der Waals surface area contributed by atoms with Gasteiger partial charge in [0.05, 0.1) is 0 Å². The minimum Gasteiger partial charge on any atom is -0.454 e. The molecular weight excluding hydrogens is 342 g/mol. The van der Waals surface area contributed by atoms with E-state index in [-0.39, 0.29) is 6.79 Å². The Bertz CT molecular complexity index is 719. The largest absolute Gasteiger partial charge is 0.454 e. The maximum atomic E-state index is 12.7. The zero-order valence-corrected chi connectivity index (χ0v) is 15.2. The van der Waals surface area contributed by atoms with Gasteiger partial charge < -0.3 is 9.47 Å². The van der Waals surface area contributed by atoms with Gasteiger partial charge >= 0.3 is 0 Å². The van der Waals surface area contributed by atoms with Gasteiger partial charge in [0.1, 0.15) is 0 Å². The standard InChI is InChI=1S/C17H25N3O4S/c21-25(22,19-7-1-2-8-19)20-9-3-6-18(10-11-20)13-15-4-5-16-17(12-15)24-14-23-16/h4-5,12H,1-3,6-11,13-14H2. The Balaban J connectivity index is 1.38. The van der Waals surface area contributed by atoms with Gasteiger partial charge in [-0.25, -0.2) is 0 Å². The molecule has 0 saturated carbocycles. The molecule has 0 aliphatic carbocycles. The molecule has 4 rings (SSSR count). The SMILES string of the molecule is O=S(=O)(N1CCCC1)N1CCCN(Cc2ccc3c(c2)OCO3)CC1. The predicted molar refractivity (Wildman–Crippen MR) is 93.8 cm³/mol. The van der Waals surface area contributed by atoms with Gasteiger partial charge in [0.15, 0.2) is 11.5 Å². The second kappa shape index (κ2) is 7.11. The molecule has 2 saturated heterocycles. The molecule has 0 spiro atoms. The molecule has 0 N–H and O–H groups in total. The molecule has 25 heavy (non-hydrogen) atoms. The second-order valence-electron chi connectivity index (χ2n) is 6.83. The summed E-state index contributed by atoms with van der Waals surface area (Å²) in [5.41, 5.74) is 1.17. The van der Waals surface area contributed by atoms with E-state index in [1.807, 2.05) is 12.1 Å². The Kier molecular flexibility index (Phi) is 4.86. The van der Waals surface area contributed by atoms with Crippen molar-refractivity contribution in [1.29, 1.82) is 0 Å². The lowest BCUT2D eigenvalue weighted by atomic mass is 10.2. The number of nitrogens with zero attached hydrogens (tertiary/aromatic N) is 3. The molecule has 1 aromatic rings. The fraction of sp³-hybridized carbons (Fsp3) is 0.647. The predicted octanol–water partition coefficient (Wildman–Crippen LogP) is 1.26. The molecule has 2 fully saturated rings. The van der Waals surface area contributed by atoms with Crippen LogP contribution >= 0.6 is 0 Å². The van der Waals surface area contributed by atoms with Gasteiger partial charge in [-0.15, -0.1) is 0 Å². The Morgan fingerprint density at radius 2 is 1.56 bits per heavy atom. The minimum atomic E-state index is -3.29. The van der Waals surface area contributed by atoms with E-state index >= 15 is 0 Å². The van der Waals surface area contributed by atoms with Crippen LogP contribution in [0.3, 0.4) is 0 Å². The van der Waals surface area contributed by atoms with Gasteiger partial charge in [0.25, 0.3) is 10.2 Å². The lowest BCUT2D eigenvalue weighted by Crippen LogP contribution is -2.44. The first kappa shape index (κ1) is 17.1. The van der Waals surface area contributed by atoms with Crippen molar-refractivity contribution in [3.63, 3.8) is 0 Å². The summed E-state index contributed by atoms with van der Waals surface area (Å²) in [5.74, 6) is 1.59. The van der Waals surface area contributed by atoms with Crippen LogP contribution in [0.5, 0.6) is 11.5 Å². The van der Waals surface area contributed by atoms with E-state index in [0.717, 1.165) is 50.4 Å². The van der Waals surface area contributed by atoms with Crippen molar-refractivity contribution in [1.82, 2.24) is 13.5 Å². The Hall–Kier alpha value is -1.35.